The van der Waals surface area contributed by atoms with Gasteiger partial charge in [0.25, 0.3) is 5.91 Å². The molecule has 0 aliphatic carbocycles. The topological polar surface area (TPSA) is 38.8 Å². The van der Waals surface area contributed by atoms with E-state index in [1.807, 2.05) is 19.1 Å². The zero-order valence-electron chi connectivity index (χ0n) is 13.1. The first-order chi connectivity index (χ1) is 10.9. The minimum absolute atomic E-state index is 0.192. The summed E-state index contributed by atoms with van der Waals surface area (Å²) in [4.78, 5) is 13.4. The van der Waals surface area contributed by atoms with E-state index in [4.69, 9.17) is 9.47 Å². The zero-order chi connectivity index (χ0) is 17.0. The fourth-order valence-electron chi connectivity index (χ4n) is 2.02. The van der Waals surface area contributed by atoms with E-state index in [0.29, 0.717) is 16.0 Å². The summed E-state index contributed by atoms with van der Waals surface area (Å²) in [5.41, 5.74) is 1.22. The number of hydrogen-bond acceptors (Lipinski definition) is 3. The predicted octanol–water partition coefficient (Wildman–Crippen LogP) is 3.95. The molecule has 122 valence electrons. The maximum absolute atomic E-state index is 13.9. The molecule has 2 aromatic rings. The van der Waals surface area contributed by atoms with Crippen molar-refractivity contribution in [2.24, 2.45) is 0 Å². The lowest BCUT2D eigenvalue weighted by molar-refractivity contribution is -0.120. The Morgan fingerprint density at radius 1 is 1.22 bits per heavy atom. The Bertz CT molecular complexity index is 721. The first kappa shape index (κ1) is 17.3. The summed E-state index contributed by atoms with van der Waals surface area (Å²) in [7, 11) is 3.04. The number of hydrogen-bond donors (Lipinski definition) is 0. The molecule has 6 heteroatoms. The molecule has 2 aromatic carbocycles. The summed E-state index contributed by atoms with van der Waals surface area (Å²) in [6, 6.07) is 9.93. The average Bonchev–Trinajstić information content (AvgIpc) is 2.52. The number of ether oxygens (including phenoxy) is 2. The number of halogens is 2. The van der Waals surface area contributed by atoms with Crippen molar-refractivity contribution >= 4 is 27.5 Å². The van der Waals surface area contributed by atoms with Crippen LogP contribution in [0.5, 0.6) is 11.5 Å². The van der Waals surface area contributed by atoms with Crippen LogP contribution in [-0.2, 0) is 4.79 Å². The van der Waals surface area contributed by atoms with Crippen LogP contribution in [0, 0.1) is 12.7 Å². The highest BCUT2D eigenvalue weighted by Crippen LogP contribution is 2.28. The predicted molar refractivity (Wildman–Crippen MR) is 90.7 cm³/mol. The number of carbonyl (C=O) groups excluding carboxylic acids is 1. The SMILES string of the molecule is COc1cc(C)ccc1OCC(=O)N(C)c1ccc(Br)cc1F. The Kier molecular flexibility index (Phi) is 5.60. The van der Waals surface area contributed by atoms with Crippen LogP contribution in [0.4, 0.5) is 10.1 Å². The van der Waals surface area contributed by atoms with E-state index in [0.717, 1.165) is 5.56 Å². The molecule has 0 saturated carbocycles. The largest absolute Gasteiger partial charge is 0.493 e. The van der Waals surface area contributed by atoms with E-state index in [1.165, 1.54) is 31.2 Å². The third kappa shape index (κ3) is 4.22. The van der Waals surface area contributed by atoms with Crippen molar-refractivity contribution in [3.05, 3.63) is 52.3 Å². The highest BCUT2D eigenvalue weighted by atomic mass is 79.9. The summed E-state index contributed by atoms with van der Waals surface area (Å²) in [6.07, 6.45) is 0. The number of carbonyl (C=O) groups is 1. The molecule has 0 saturated heterocycles. The van der Waals surface area contributed by atoms with Crippen LogP contribution in [0.2, 0.25) is 0 Å². The minimum Gasteiger partial charge on any atom is -0.493 e. The molecule has 2 rings (SSSR count). The summed E-state index contributed by atoms with van der Waals surface area (Å²) < 4.78 is 25.2. The molecule has 0 bridgehead atoms. The van der Waals surface area contributed by atoms with E-state index < -0.39 is 5.82 Å². The molecular formula is C17H17BrFNO3. The molecule has 0 fully saturated rings. The van der Waals surface area contributed by atoms with Crippen molar-refractivity contribution in [1.82, 2.24) is 0 Å². The van der Waals surface area contributed by atoms with Crippen molar-refractivity contribution in [1.29, 1.82) is 0 Å². The highest BCUT2D eigenvalue weighted by Gasteiger charge is 2.16. The summed E-state index contributed by atoms with van der Waals surface area (Å²) in [5.74, 6) is 0.170. The summed E-state index contributed by atoms with van der Waals surface area (Å²) in [5, 5.41) is 0. The van der Waals surface area contributed by atoms with Gasteiger partial charge in [-0.05, 0) is 42.8 Å². The number of rotatable bonds is 5. The van der Waals surface area contributed by atoms with Crippen LogP contribution in [0.3, 0.4) is 0 Å². The second-order valence-electron chi connectivity index (χ2n) is 4.99. The molecular weight excluding hydrogens is 365 g/mol. The third-order valence-corrected chi connectivity index (χ3v) is 3.81. The van der Waals surface area contributed by atoms with Gasteiger partial charge in [0.05, 0.1) is 12.8 Å². The highest BCUT2D eigenvalue weighted by molar-refractivity contribution is 9.10. The van der Waals surface area contributed by atoms with Gasteiger partial charge in [0, 0.05) is 11.5 Å². The molecule has 0 radical (unpaired) electrons. The molecule has 23 heavy (non-hydrogen) atoms. The monoisotopic (exact) mass is 381 g/mol. The quantitative estimate of drug-likeness (QED) is 0.786. The Hall–Kier alpha value is -2.08. The van der Waals surface area contributed by atoms with Crippen LogP contribution in [0.15, 0.2) is 40.9 Å². The van der Waals surface area contributed by atoms with Crippen LogP contribution in [-0.4, -0.2) is 26.7 Å². The van der Waals surface area contributed by atoms with Crippen molar-refractivity contribution in [2.75, 3.05) is 25.7 Å². The average molecular weight is 382 g/mol. The standard InChI is InChI=1S/C17H17BrFNO3/c1-11-4-7-15(16(8-11)22-3)23-10-17(21)20(2)14-6-5-12(18)9-13(14)19/h4-9H,10H2,1-3H3. The van der Waals surface area contributed by atoms with E-state index >= 15 is 0 Å². The Morgan fingerprint density at radius 2 is 1.96 bits per heavy atom. The number of anilines is 1. The first-order valence-electron chi connectivity index (χ1n) is 6.91. The van der Waals surface area contributed by atoms with E-state index in [1.54, 1.807) is 12.1 Å². The fourth-order valence-corrected chi connectivity index (χ4v) is 2.35. The maximum atomic E-state index is 13.9. The van der Waals surface area contributed by atoms with Crippen LogP contribution >= 0.6 is 15.9 Å². The van der Waals surface area contributed by atoms with Gasteiger partial charge in [-0.3, -0.25) is 4.79 Å². The molecule has 0 atom stereocenters. The number of amides is 1. The lowest BCUT2D eigenvalue weighted by Crippen LogP contribution is -2.32. The lowest BCUT2D eigenvalue weighted by Gasteiger charge is -2.19. The van der Waals surface area contributed by atoms with Crippen molar-refractivity contribution in [3.8, 4) is 11.5 Å². The second kappa shape index (κ2) is 7.46. The number of nitrogens with zero attached hydrogens (tertiary/aromatic N) is 1. The van der Waals surface area contributed by atoms with Gasteiger partial charge in [0.2, 0.25) is 0 Å². The van der Waals surface area contributed by atoms with Crippen LogP contribution in [0.25, 0.3) is 0 Å². The first-order valence-corrected chi connectivity index (χ1v) is 7.70. The van der Waals surface area contributed by atoms with Crippen LogP contribution in [0.1, 0.15) is 5.56 Å². The molecule has 4 nitrogen and oxygen atoms in total. The zero-order valence-corrected chi connectivity index (χ0v) is 14.7. The maximum Gasteiger partial charge on any atom is 0.264 e. The number of aryl methyl sites for hydroxylation is 1. The second-order valence-corrected chi connectivity index (χ2v) is 5.91. The van der Waals surface area contributed by atoms with Crippen molar-refractivity contribution in [3.63, 3.8) is 0 Å². The minimum atomic E-state index is -0.483. The van der Waals surface area contributed by atoms with Crippen LogP contribution < -0.4 is 14.4 Å². The Labute approximate surface area is 142 Å². The number of likely N-dealkylation sites (N-methyl/N-ethyl adjacent to an activating group) is 1. The smallest absolute Gasteiger partial charge is 0.264 e. The van der Waals surface area contributed by atoms with Gasteiger partial charge in [0.1, 0.15) is 5.82 Å². The lowest BCUT2D eigenvalue weighted by atomic mass is 10.2. The number of methoxy groups -OCH3 is 1. The van der Waals surface area contributed by atoms with Gasteiger partial charge in [-0.1, -0.05) is 22.0 Å². The Morgan fingerprint density at radius 3 is 2.61 bits per heavy atom. The molecule has 1 amide bonds. The molecule has 0 spiro atoms. The summed E-state index contributed by atoms with van der Waals surface area (Å²) in [6.45, 7) is 1.72. The van der Waals surface area contributed by atoms with Crippen molar-refractivity contribution < 1.29 is 18.7 Å². The number of benzene rings is 2. The Balaban J connectivity index is 2.07. The van der Waals surface area contributed by atoms with Gasteiger partial charge in [0.15, 0.2) is 18.1 Å². The molecule has 0 heterocycles. The fraction of sp³-hybridized carbons (Fsp3) is 0.235. The molecule has 0 unspecified atom stereocenters. The van der Waals surface area contributed by atoms with Gasteiger partial charge < -0.3 is 14.4 Å². The van der Waals surface area contributed by atoms with Gasteiger partial charge in [-0.2, -0.15) is 0 Å². The van der Waals surface area contributed by atoms with Gasteiger partial charge in [-0.25, -0.2) is 4.39 Å². The molecule has 0 aliphatic heterocycles. The summed E-state index contributed by atoms with van der Waals surface area (Å²) >= 11 is 3.18. The van der Waals surface area contributed by atoms with E-state index in [9.17, 15) is 9.18 Å². The molecule has 0 aromatic heterocycles. The third-order valence-electron chi connectivity index (χ3n) is 3.32. The van der Waals surface area contributed by atoms with E-state index in [2.05, 4.69) is 15.9 Å². The van der Waals surface area contributed by atoms with E-state index in [-0.39, 0.29) is 18.2 Å². The molecule has 0 N–H and O–H groups in total. The van der Waals surface area contributed by atoms with Gasteiger partial charge in [-0.15, -0.1) is 0 Å². The van der Waals surface area contributed by atoms with Gasteiger partial charge >= 0.3 is 0 Å². The molecule has 0 aliphatic rings. The normalized spacial score (nSPS) is 10.3. The van der Waals surface area contributed by atoms with Crippen molar-refractivity contribution in [2.45, 2.75) is 6.92 Å².